The number of esters is 1. The summed E-state index contributed by atoms with van der Waals surface area (Å²) in [7, 11) is 0. The van der Waals surface area contributed by atoms with E-state index in [1.807, 2.05) is 12.1 Å². The lowest BCUT2D eigenvalue weighted by atomic mass is 10.1. The highest BCUT2D eigenvalue weighted by Gasteiger charge is 2.28. The largest absolute Gasteiger partial charge is 0.449 e. The van der Waals surface area contributed by atoms with Gasteiger partial charge in [0.05, 0.1) is 16.8 Å². The minimum Gasteiger partial charge on any atom is -0.449 e. The van der Waals surface area contributed by atoms with Gasteiger partial charge in [-0.15, -0.1) is 0 Å². The molecule has 7 heteroatoms. The Hall–Kier alpha value is -3.35. The number of nitrogens with zero attached hydrogens (tertiary/aromatic N) is 1. The van der Waals surface area contributed by atoms with Gasteiger partial charge in [0.25, 0.3) is 5.91 Å². The molecule has 148 valence electrons. The van der Waals surface area contributed by atoms with E-state index in [1.165, 1.54) is 6.92 Å². The second-order valence-electron chi connectivity index (χ2n) is 7.05. The van der Waals surface area contributed by atoms with Gasteiger partial charge < -0.3 is 10.1 Å². The molecule has 0 unspecified atom stereocenters. The smallest absolute Gasteiger partial charge is 0.339 e. The van der Waals surface area contributed by atoms with E-state index < -0.39 is 29.6 Å². The lowest BCUT2D eigenvalue weighted by Gasteiger charge is -2.15. The lowest BCUT2D eigenvalue weighted by Crippen LogP contribution is -2.30. The highest BCUT2D eigenvalue weighted by atomic mass is 19.1. The number of carbonyl (C=O) groups excluding carboxylic acids is 2. The van der Waals surface area contributed by atoms with Crippen LogP contribution in [0.3, 0.4) is 0 Å². The summed E-state index contributed by atoms with van der Waals surface area (Å²) in [6.45, 7) is 1.37. The molecule has 0 aliphatic heterocycles. The van der Waals surface area contributed by atoms with E-state index in [1.54, 1.807) is 18.2 Å². The molecule has 1 N–H and O–H groups in total. The number of anilines is 1. The predicted octanol–water partition coefficient (Wildman–Crippen LogP) is 4.57. The Kier molecular flexibility index (Phi) is 4.96. The van der Waals surface area contributed by atoms with Gasteiger partial charge in [-0.25, -0.2) is 13.6 Å². The monoisotopic (exact) mass is 396 g/mol. The molecule has 0 spiro atoms. The number of carbonyl (C=O) groups is 2. The summed E-state index contributed by atoms with van der Waals surface area (Å²) in [5.74, 6) is -2.57. The number of aromatic nitrogens is 1. The van der Waals surface area contributed by atoms with Gasteiger partial charge in [-0.3, -0.25) is 9.78 Å². The molecule has 0 saturated heterocycles. The fraction of sp³-hybridized carbons (Fsp3) is 0.227. The van der Waals surface area contributed by atoms with Gasteiger partial charge in [0.2, 0.25) is 0 Å². The Morgan fingerprint density at radius 2 is 1.90 bits per heavy atom. The third-order valence-corrected chi connectivity index (χ3v) is 4.79. The second kappa shape index (κ2) is 7.58. The number of ether oxygens (including phenoxy) is 1. The molecule has 2 aromatic carbocycles. The van der Waals surface area contributed by atoms with Crippen LogP contribution in [-0.4, -0.2) is 23.0 Å². The van der Waals surface area contributed by atoms with Crippen molar-refractivity contribution in [2.75, 3.05) is 5.32 Å². The van der Waals surface area contributed by atoms with Crippen LogP contribution in [0.1, 0.15) is 41.7 Å². The Morgan fingerprint density at radius 1 is 1.14 bits per heavy atom. The highest BCUT2D eigenvalue weighted by Crippen LogP contribution is 2.40. The lowest BCUT2D eigenvalue weighted by molar-refractivity contribution is -0.123. The number of pyridine rings is 1. The molecule has 1 aliphatic carbocycles. The number of rotatable bonds is 5. The Bertz CT molecular complexity index is 1110. The summed E-state index contributed by atoms with van der Waals surface area (Å²) in [4.78, 5) is 29.7. The molecule has 3 aromatic rings. The first-order valence-electron chi connectivity index (χ1n) is 9.29. The zero-order chi connectivity index (χ0) is 20.5. The normalized spacial score (nSPS) is 14.4. The first kappa shape index (κ1) is 19.0. The van der Waals surface area contributed by atoms with Crippen molar-refractivity contribution in [3.05, 3.63) is 71.4 Å². The molecular weight excluding hydrogens is 378 g/mol. The van der Waals surface area contributed by atoms with Crippen molar-refractivity contribution < 1.29 is 23.1 Å². The third-order valence-electron chi connectivity index (χ3n) is 4.79. The molecule has 1 aromatic heterocycles. The number of benzene rings is 2. The fourth-order valence-electron chi connectivity index (χ4n) is 3.06. The summed E-state index contributed by atoms with van der Waals surface area (Å²) in [6.07, 6.45) is 0.844. The van der Waals surface area contributed by atoms with Crippen LogP contribution in [0.4, 0.5) is 14.5 Å². The van der Waals surface area contributed by atoms with Crippen molar-refractivity contribution in [1.82, 2.24) is 4.98 Å². The zero-order valence-electron chi connectivity index (χ0n) is 15.6. The zero-order valence-corrected chi connectivity index (χ0v) is 15.6. The average molecular weight is 396 g/mol. The molecule has 4 rings (SSSR count). The molecular formula is C22H18F2N2O3. The number of fused-ring (bicyclic) bond motifs is 1. The topological polar surface area (TPSA) is 68.3 Å². The molecule has 5 nitrogen and oxygen atoms in total. The SMILES string of the molecule is C[C@H](OC(=O)c1cc(C2CC2)nc2ccccc12)C(=O)Nc1cc(F)ccc1F. The van der Waals surface area contributed by atoms with Gasteiger partial charge in [0.15, 0.2) is 6.10 Å². The van der Waals surface area contributed by atoms with E-state index >= 15 is 0 Å². The van der Waals surface area contributed by atoms with Gasteiger partial charge >= 0.3 is 5.97 Å². The summed E-state index contributed by atoms with van der Waals surface area (Å²) in [5.41, 5.74) is 1.52. The van der Waals surface area contributed by atoms with Crippen molar-refractivity contribution in [1.29, 1.82) is 0 Å². The average Bonchev–Trinajstić information content (AvgIpc) is 3.55. The summed E-state index contributed by atoms with van der Waals surface area (Å²) >= 11 is 0. The maximum absolute atomic E-state index is 13.7. The number of amides is 1. The van der Waals surface area contributed by atoms with Crippen LogP contribution in [0, 0.1) is 11.6 Å². The first-order chi connectivity index (χ1) is 13.9. The molecule has 1 aliphatic rings. The summed E-state index contributed by atoms with van der Waals surface area (Å²) < 4.78 is 32.3. The van der Waals surface area contributed by atoms with E-state index in [0.717, 1.165) is 36.7 Å². The molecule has 0 radical (unpaired) electrons. The van der Waals surface area contributed by atoms with Crippen LogP contribution in [0.15, 0.2) is 48.5 Å². The molecule has 0 bridgehead atoms. The van der Waals surface area contributed by atoms with Gasteiger partial charge in [-0.1, -0.05) is 18.2 Å². The van der Waals surface area contributed by atoms with Crippen LogP contribution in [0.5, 0.6) is 0 Å². The molecule has 1 amide bonds. The van der Waals surface area contributed by atoms with E-state index in [-0.39, 0.29) is 5.69 Å². The molecule has 29 heavy (non-hydrogen) atoms. The van der Waals surface area contributed by atoms with Crippen LogP contribution in [0.25, 0.3) is 10.9 Å². The minimum atomic E-state index is -1.21. The number of para-hydroxylation sites is 1. The molecule has 1 atom stereocenters. The van der Waals surface area contributed by atoms with Gasteiger partial charge in [-0.05, 0) is 44.0 Å². The van der Waals surface area contributed by atoms with Gasteiger partial charge in [0, 0.05) is 23.1 Å². The van der Waals surface area contributed by atoms with Crippen LogP contribution in [0.2, 0.25) is 0 Å². The van der Waals surface area contributed by atoms with E-state index in [4.69, 9.17) is 4.74 Å². The highest BCUT2D eigenvalue weighted by molar-refractivity contribution is 6.05. The summed E-state index contributed by atoms with van der Waals surface area (Å²) in [6, 6.07) is 11.6. The predicted molar refractivity (Wildman–Crippen MR) is 104 cm³/mol. The minimum absolute atomic E-state index is 0.316. The number of hydrogen-bond donors (Lipinski definition) is 1. The standard InChI is InChI=1S/C22H18F2N2O3/c1-12(21(27)26-20-10-14(23)8-9-17(20)24)29-22(28)16-11-19(13-6-7-13)25-18-5-3-2-4-15(16)18/h2-5,8-13H,6-7H2,1H3,(H,26,27)/t12-/m0/s1. The fourth-order valence-corrected chi connectivity index (χ4v) is 3.06. The molecule has 1 saturated carbocycles. The second-order valence-corrected chi connectivity index (χ2v) is 7.05. The van der Waals surface area contributed by atoms with Crippen molar-refractivity contribution in [2.45, 2.75) is 31.8 Å². The first-order valence-corrected chi connectivity index (χ1v) is 9.29. The van der Waals surface area contributed by atoms with Crippen LogP contribution < -0.4 is 5.32 Å². The van der Waals surface area contributed by atoms with Gasteiger partial charge in [0.1, 0.15) is 11.6 Å². The number of halogens is 2. The quantitative estimate of drug-likeness (QED) is 0.642. The Labute approximate surface area is 165 Å². The molecule has 1 heterocycles. The number of nitrogens with one attached hydrogen (secondary N) is 1. The van der Waals surface area contributed by atoms with Crippen molar-refractivity contribution in [3.63, 3.8) is 0 Å². The maximum Gasteiger partial charge on any atom is 0.339 e. The number of hydrogen-bond acceptors (Lipinski definition) is 4. The van der Waals surface area contributed by atoms with Crippen LogP contribution >= 0.6 is 0 Å². The maximum atomic E-state index is 13.7. The molecule has 1 fully saturated rings. The Morgan fingerprint density at radius 3 is 2.66 bits per heavy atom. The third kappa shape index (κ3) is 4.08. The summed E-state index contributed by atoms with van der Waals surface area (Å²) in [5, 5.41) is 2.87. The van der Waals surface area contributed by atoms with Crippen molar-refractivity contribution in [3.8, 4) is 0 Å². The van der Waals surface area contributed by atoms with Gasteiger partial charge in [-0.2, -0.15) is 0 Å². The Balaban J connectivity index is 1.54. The van der Waals surface area contributed by atoms with E-state index in [0.29, 0.717) is 22.4 Å². The van der Waals surface area contributed by atoms with E-state index in [2.05, 4.69) is 10.3 Å². The van der Waals surface area contributed by atoms with E-state index in [9.17, 15) is 18.4 Å². The van der Waals surface area contributed by atoms with Crippen molar-refractivity contribution in [2.24, 2.45) is 0 Å². The van der Waals surface area contributed by atoms with Crippen molar-refractivity contribution >= 4 is 28.5 Å². The van der Waals surface area contributed by atoms with Crippen LogP contribution in [-0.2, 0) is 9.53 Å².